The van der Waals surface area contributed by atoms with E-state index in [1.165, 1.54) is 0 Å². The first kappa shape index (κ1) is 18.2. The Morgan fingerprint density at radius 1 is 1.03 bits per heavy atom. The minimum absolute atomic E-state index is 0.0712. The summed E-state index contributed by atoms with van der Waals surface area (Å²) in [6.45, 7) is 4.20. The van der Waals surface area contributed by atoms with Gasteiger partial charge in [-0.15, -0.1) is 0 Å². The van der Waals surface area contributed by atoms with Crippen molar-refractivity contribution in [2.24, 2.45) is 5.41 Å². The van der Waals surface area contributed by atoms with Crippen molar-refractivity contribution in [3.8, 4) is 0 Å². The average Bonchev–Trinajstić information content (AvgIpc) is 2.66. The van der Waals surface area contributed by atoms with Gasteiger partial charge in [0.05, 0.1) is 11.3 Å². The lowest BCUT2D eigenvalue weighted by atomic mass is 9.69. The zero-order valence-corrected chi connectivity index (χ0v) is 17.0. The van der Waals surface area contributed by atoms with E-state index in [4.69, 9.17) is 16.0 Å². The Bertz CT molecular complexity index is 1250. The van der Waals surface area contributed by atoms with Crippen LogP contribution in [0, 0.1) is 5.41 Å². The second-order valence-corrected chi connectivity index (χ2v) is 9.05. The van der Waals surface area contributed by atoms with Crippen LogP contribution in [0.3, 0.4) is 0 Å². The molecule has 0 saturated carbocycles. The monoisotopic (exact) mass is 405 g/mol. The molecule has 1 unspecified atom stereocenters. The number of Topliss-reactive ketones (excluding diaryl/α,β-unsaturated/α-hetero) is 1. The zero-order valence-electron chi connectivity index (χ0n) is 16.2. The van der Waals surface area contributed by atoms with Crippen LogP contribution in [0.5, 0.6) is 0 Å². The summed E-state index contributed by atoms with van der Waals surface area (Å²) in [6.07, 6.45) is 1.19. The smallest absolute Gasteiger partial charge is 0.342 e. The molecule has 1 aliphatic carbocycles. The highest BCUT2D eigenvalue weighted by atomic mass is 35.5. The molecule has 4 nitrogen and oxygen atoms in total. The Morgan fingerprint density at radius 3 is 2.52 bits per heavy atom. The van der Waals surface area contributed by atoms with Gasteiger partial charge in [-0.3, -0.25) is 4.79 Å². The van der Waals surface area contributed by atoms with Crippen LogP contribution in [0.2, 0.25) is 5.02 Å². The van der Waals surface area contributed by atoms with Crippen LogP contribution in [-0.2, 0) is 4.79 Å². The molecule has 1 atom stereocenters. The molecular formula is C24H20ClNO3. The van der Waals surface area contributed by atoms with Crippen molar-refractivity contribution >= 4 is 34.0 Å². The maximum absolute atomic E-state index is 13.2. The average molecular weight is 406 g/mol. The number of allylic oxidation sites excluding steroid dienone is 2. The molecule has 0 saturated heterocycles. The lowest BCUT2D eigenvalue weighted by molar-refractivity contribution is -0.118. The first-order chi connectivity index (χ1) is 13.8. The molecule has 0 radical (unpaired) electrons. The number of hydrogen-bond acceptors (Lipinski definition) is 4. The zero-order chi connectivity index (χ0) is 20.3. The summed E-state index contributed by atoms with van der Waals surface area (Å²) in [6, 6.07) is 14.8. The Balaban J connectivity index is 1.84. The van der Waals surface area contributed by atoms with Gasteiger partial charge in [-0.25, -0.2) is 4.79 Å². The van der Waals surface area contributed by atoms with Gasteiger partial charge in [-0.1, -0.05) is 49.7 Å². The number of rotatable bonds is 1. The molecule has 1 N–H and O–H groups in total. The van der Waals surface area contributed by atoms with E-state index in [0.29, 0.717) is 28.2 Å². The summed E-state index contributed by atoms with van der Waals surface area (Å²) in [7, 11) is 0. The predicted octanol–water partition coefficient (Wildman–Crippen LogP) is 5.65. The summed E-state index contributed by atoms with van der Waals surface area (Å²) in [5.74, 6) is -0.398. The van der Waals surface area contributed by atoms with Gasteiger partial charge in [-0.05, 0) is 41.7 Å². The normalized spacial score (nSPS) is 20.2. The van der Waals surface area contributed by atoms with Crippen LogP contribution < -0.4 is 10.9 Å². The number of halogens is 1. The third-order valence-electron chi connectivity index (χ3n) is 5.82. The van der Waals surface area contributed by atoms with Crippen LogP contribution in [0.15, 0.2) is 69.0 Å². The van der Waals surface area contributed by atoms with E-state index < -0.39 is 11.5 Å². The van der Waals surface area contributed by atoms with Crippen molar-refractivity contribution in [3.05, 3.63) is 86.4 Å². The molecule has 5 rings (SSSR count). The number of para-hydroxylation sites is 1. The van der Waals surface area contributed by atoms with Gasteiger partial charge in [0.1, 0.15) is 5.58 Å². The van der Waals surface area contributed by atoms with Gasteiger partial charge in [0.25, 0.3) is 0 Å². The Kier molecular flexibility index (Phi) is 3.97. The molecule has 0 amide bonds. The van der Waals surface area contributed by atoms with E-state index in [1.54, 1.807) is 18.2 Å². The highest BCUT2D eigenvalue weighted by molar-refractivity contribution is 6.30. The first-order valence-electron chi connectivity index (χ1n) is 9.68. The molecule has 1 aliphatic heterocycles. The van der Waals surface area contributed by atoms with Gasteiger partial charge < -0.3 is 9.73 Å². The van der Waals surface area contributed by atoms with Crippen LogP contribution in [0.4, 0.5) is 5.69 Å². The Morgan fingerprint density at radius 2 is 1.76 bits per heavy atom. The molecule has 0 fully saturated rings. The summed E-state index contributed by atoms with van der Waals surface area (Å²) < 4.78 is 5.64. The lowest BCUT2D eigenvalue weighted by Gasteiger charge is -2.39. The van der Waals surface area contributed by atoms with Crippen molar-refractivity contribution in [1.82, 2.24) is 0 Å². The SMILES string of the molecule is CC1(C)CC(=O)C2=C(C1)Nc1c(c(=O)oc3ccccc13)C2c1ccc(Cl)cc1. The molecule has 0 spiro atoms. The van der Waals surface area contributed by atoms with E-state index in [1.807, 2.05) is 30.3 Å². The first-order valence-corrected chi connectivity index (χ1v) is 10.1. The molecule has 2 aliphatic rings. The van der Waals surface area contributed by atoms with E-state index in [-0.39, 0.29) is 11.2 Å². The Labute approximate surface area is 173 Å². The summed E-state index contributed by atoms with van der Waals surface area (Å²) >= 11 is 6.09. The van der Waals surface area contributed by atoms with Crippen molar-refractivity contribution in [3.63, 3.8) is 0 Å². The number of fused-ring (bicyclic) bond motifs is 3. The minimum atomic E-state index is -0.469. The number of ketones is 1. The van der Waals surface area contributed by atoms with Crippen molar-refractivity contribution < 1.29 is 9.21 Å². The molecule has 0 bridgehead atoms. The lowest BCUT2D eigenvalue weighted by Crippen LogP contribution is -2.35. The fraction of sp³-hybridized carbons (Fsp3) is 0.250. The third-order valence-corrected chi connectivity index (χ3v) is 6.08. The van der Waals surface area contributed by atoms with Gasteiger partial charge in [0.2, 0.25) is 0 Å². The molecule has 1 aromatic heterocycles. The topological polar surface area (TPSA) is 59.3 Å². The number of hydrogen-bond donors (Lipinski definition) is 1. The highest BCUT2D eigenvalue weighted by Gasteiger charge is 2.42. The van der Waals surface area contributed by atoms with Gasteiger partial charge in [-0.2, -0.15) is 0 Å². The Hall–Kier alpha value is -2.85. The minimum Gasteiger partial charge on any atom is -0.422 e. The summed E-state index contributed by atoms with van der Waals surface area (Å²) in [5.41, 5.74) is 3.62. The van der Waals surface area contributed by atoms with Gasteiger partial charge >= 0.3 is 5.63 Å². The molecular weight excluding hydrogens is 386 g/mol. The second-order valence-electron chi connectivity index (χ2n) is 8.62. The van der Waals surface area contributed by atoms with Crippen molar-refractivity contribution in [2.75, 3.05) is 5.32 Å². The molecule has 5 heteroatoms. The van der Waals surface area contributed by atoms with Crippen molar-refractivity contribution in [1.29, 1.82) is 0 Å². The highest BCUT2D eigenvalue weighted by Crippen LogP contribution is 2.49. The molecule has 29 heavy (non-hydrogen) atoms. The van der Waals surface area contributed by atoms with E-state index in [2.05, 4.69) is 19.2 Å². The van der Waals surface area contributed by atoms with Gasteiger partial charge in [0.15, 0.2) is 5.78 Å². The number of benzene rings is 2. The predicted molar refractivity (Wildman–Crippen MR) is 114 cm³/mol. The second kappa shape index (κ2) is 6.33. The maximum Gasteiger partial charge on any atom is 0.342 e. The maximum atomic E-state index is 13.2. The number of carbonyl (C=O) groups excluding carboxylic acids is 1. The van der Waals surface area contributed by atoms with E-state index in [9.17, 15) is 9.59 Å². The molecule has 146 valence electrons. The van der Waals surface area contributed by atoms with Crippen molar-refractivity contribution in [2.45, 2.75) is 32.6 Å². The third kappa shape index (κ3) is 2.90. The number of nitrogens with one attached hydrogen (secondary N) is 1. The molecule has 3 aromatic rings. The van der Waals surface area contributed by atoms with Gasteiger partial charge in [0, 0.05) is 34.0 Å². The summed E-state index contributed by atoms with van der Waals surface area (Å²) in [5, 5.41) is 4.90. The number of anilines is 1. The van der Waals surface area contributed by atoms with E-state index >= 15 is 0 Å². The largest absolute Gasteiger partial charge is 0.422 e. The molecule has 2 aromatic carbocycles. The van der Waals surface area contributed by atoms with Crippen LogP contribution in [0.1, 0.15) is 43.7 Å². The quantitative estimate of drug-likeness (QED) is 0.531. The van der Waals surface area contributed by atoms with Crippen LogP contribution >= 0.6 is 11.6 Å². The summed E-state index contributed by atoms with van der Waals surface area (Å²) in [4.78, 5) is 26.3. The number of carbonyl (C=O) groups is 1. The fourth-order valence-electron chi connectivity index (χ4n) is 4.63. The van der Waals surface area contributed by atoms with Crippen LogP contribution in [0.25, 0.3) is 11.0 Å². The molecule has 2 heterocycles. The van der Waals surface area contributed by atoms with E-state index in [0.717, 1.165) is 28.8 Å². The van der Waals surface area contributed by atoms with Crippen LogP contribution in [-0.4, -0.2) is 5.78 Å². The standard InChI is InChI=1S/C24H20ClNO3/c1-24(2)11-16-20(17(27)12-24)19(13-7-9-14(25)10-8-13)21-22(26-16)15-5-3-4-6-18(15)29-23(21)28/h3-10,19,26H,11-12H2,1-2H3. The fourth-order valence-corrected chi connectivity index (χ4v) is 4.75.